The summed E-state index contributed by atoms with van der Waals surface area (Å²) in [6.07, 6.45) is 6.46. The van der Waals surface area contributed by atoms with Crippen molar-refractivity contribution in [3.63, 3.8) is 0 Å². The number of likely N-dealkylation sites (N-methyl/N-ethyl adjacent to an activating group) is 1. The van der Waals surface area contributed by atoms with Crippen LogP contribution < -0.4 is 5.32 Å². The molecule has 2 fully saturated rings. The summed E-state index contributed by atoms with van der Waals surface area (Å²) >= 11 is 0. The van der Waals surface area contributed by atoms with Crippen LogP contribution in [0, 0.1) is 0 Å². The average molecular weight is 259 g/mol. The second-order valence-corrected chi connectivity index (χ2v) is 6.28. The summed E-state index contributed by atoms with van der Waals surface area (Å²) in [6.45, 7) is 3.13. The second-order valence-electron chi connectivity index (χ2n) is 6.28. The number of benzene rings is 1. The van der Waals surface area contributed by atoms with Gasteiger partial charge in [-0.15, -0.1) is 0 Å². The van der Waals surface area contributed by atoms with Gasteiger partial charge in [0, 0.05) is 6.61 Å². The van der Waals surface area contributed by atoms with E-state index in [1.807, 2.05) is 7.05 Å². The summed E-state index contributed by atoms with van der Waals surface area (Å²) in [6, 6.07) is 9.53. The van der Waals surface area contributed by atoms with Crippen molar-refractivity contribution >= 4 is 0 Å². The predicted octanol–water partition coefficient (Wildman–Crippen LogP) is 3.78. The minimum Gasteiger partial charge on any atom is -0.373 e. The number of rotatable bonds is 4. The first-order chi connectivity index (χ1) is 9.23. The molecule has 2 unspecified atom stereocenters. The Labute approximate surface area is 116 Å². The topological polar surface area (TPSA) is 21.3 Å². The normalized spacial score (nSPS) is 29.2. The molecule has 2 aliphatic rings. The first kappa shape index (κ1) is 13.1. The van der Waals surface area contributed by atoms with Gasteiger partial charge in [-0.1, -0.05) is 30.7 Å². The third kappa shape index (κ3) is 2.44. The zero-order valence-electron chi connectivity index (χ0n) is 12.1. The van der Waals surface area contributed by atoms with Crippen LogP contribution in [0.3, 0.4) is 0 Å². The van der Waals surface area contributed by atoms with Gasteiger partial charge >= 0.3 is 0 Å². The van der Waals surface area contributed by atoms with Crippen LogP contribution >= 0.6 is 0 Å². The van der Waals surface area contributed by atoms with Crippen LogP contribution in [-0.2, 0) is 4.74 Å². The lowest BCUT2D eigenvalue weighted by molar-refractivity contribution is -0.0104. The Kier molecular flexibility index (Phi) is 3.64. The molecule has 1 aliphatic heterocycles. The number of nitrogens with one attached hydrogen (secondary N) is 1. The molecule has 0 spiro atoms. The summed E-state index contributed by atoms with van der Waals surface area (Å²) in [4.78, 5) is 0. The third-order valence-corrected chi connectivity index (χ3v) is 5.00. The molecule has 0 bridgehead atoms. The van der Waals surface area contributed by atoms with Gasteiger partial charge < -0.3 is 10.1 Å². The smallest absolute Gasteiger partial charge is 0.0849 e. The maximum Gasteiger partial charge on any atom is 0.0849 e. The van der Waals surface area contributed by atoms with E-state index in [0.717, 1.165) is 18.9 Å². The highest BCUT2D eigenvalue weighted by molar-refractivity contribution is 5.30. The molecule has 19 heavy (non-hydrogen) atoms. The Balaban J connectivity index is 1.79. The van der Waals surface area contributed by atoms with Gasteiger partial charge in [0.15, 0.2) is 0 Å². The molecule has 1 N–H and O–H groups in total. The van der Waals surface area contributed by atoms with E-state index in [9.17, 15) is 0 Å². The molecule has 0 radical (unpaired) electrons. The summed E-state index contributed by atoms with van der Waals surface area (Å²) in [5.41, 5.74) is 2.82. The Morgan fingerprint density at radius 3 is 2.42 bits per heavy atom. The predicted molar refractivity (Wildman–Crippen MR) is 78.4 cm³/mol. The summed E-state index contributed by atoms with van der Waals surface area (Å²) in [5.74, 6) is 0.820. The maximum atomic E-state index is 6.00. The Hall–Kier alpha value is -0.860. The quantitative estimate of drug-likeness (QED) is 0.888. The minimum atomic E-state index is -0.0489. The maximum absolute atomic E-state index is 6.00. The molecule has 1 aromatic carbocycles. The first-order valence-corrected chi connectivity index (χ1v) is 7.64. The molecule has 1 heterocycles. The molecule has 1 saturated heterocycles. The molecule has 104 valence electrons. The van der Waals surface area contributed by atoms with Crippen molar-refractivity contribution in [3.05, 3.63) is 35.4 Å². The van der Waals surface area contributed by atoms with E-state index in [1.54, 1.807) is 0 Å². The highest BCUT2D eigenvalue weighted by atomic mass is 16.5. The van der Waals surface area contributed by atoms with Crippen LogP contribution in [0.15, 0.2) is 24.3 Å². The van der Waals surface area contributed by atoms with Crippen molar-refractivity contribution in [2.24, 2.45) is 0 Å². The highest BCUT2D eigenvalue weighted by Crippen LogP contribution is 2.39. The molecular weight excluding hydrogens is 234 g/mol. The lowest BCUT2D eigenvalue weighted by atomic mass is 9.79. The zero-order valence-corrected chi connectivity index (χ0v) is 12.1. The number of hydrogen-bond acceptors (Lipinski definition) is 2. The van der Waals surface area contributed by atoms with Crippen molar-refractivity contribution in [2.75, 3.05) is 13.7 Å². The van der Waals surface area contributed by atoms with Crippen molar-refractivity contribution in [1.82, 2.24) is 5.32 Å². The van der Waals surface area contributed by atoms with Crippen LogP contribution in [0.5, 0.6) is 0 Å². The van der Waals surface area contributed by atoms with Gasteiger partial charge in [-0.25, -0.2) is 0 Å². The Morgan fingerprint density at radius 2 is 1.95 bits per heavy atom. The molecule has 0 amide bonds. The minimum absolute atomic E-state index is 0.0489. The summed E-state index contributed by atoms with van der Waals surface area (Å²) < 4.78 is 6.00. The molecule has 1 aliphatic carbocycles. The third-order valence-electron chi connectivity index (χ3n) is 5.00. The molecule has 1 aromatic rings. The molecule has 0 aromatic heterocycles. The molecule has 2 atom stereocenters. The number of ether oxygens (including phenoxy) is 1. The van der Waals surface area contributed by atoms with E-state index < -0.39 is 0 Å². The standard InChI is InChI=1S/C17H25NO/c1-17(11-4-12-19-17)16(18-2)15-9-7-14(8-10-15)13-5-3-6-13/h7-10,13,16,18H,3-6,11-12H2,1-2H3. The Morgan fingerprint density at radius 1 is 1.21 bits per heavy atom. The fourth-order valence-electron chi connectivity index (χ4n) is 3.56. The van der Waals surface area contributed by atoms with Gasteiger partial charge in [-0.3, -0.25) is 0 Å². The molecule has 2 nitrogen and oxygen atoms in total. The van der Waals surface area contributed by atoms with Crippen molar-refractivity contribution < 1.29 is 4.74 Å². The van der Waals surface area contributed by atoms with Crippen molar-refractivity contribution in [1.29, 1.82) is 0 Å². The van der Waals surface area contributed by atoms with Crippen LogP contribution in [-0.4, -0.2) is 19.3 Å². The van der Waals surface area contributed by atoms with Gasteiger partial charge in [-0.05, 0) is 56.7 Å². The number of hydrogen-bond donors (Lipinski definition) is 1. The lowest BCUT2D eigenvalue weighted by Gasteiger charge is -2.34. The van der Waals surface area contributed by atoms with Gasteiger partial charge in [0.1, 0.15) is 0 Å². The van der Waals surface area contributed by atoms with Crippen LogP contribution in [0.2, 0.25) is 0 Å². The lowest BCUT2D eigenvalue weighted by Crippen LogP contribution is -2.39. The SMILES string of the molecule is CNC(c1ccc(C2CCC2)cc1)C1(C)CCCO1. The zero-order chi connectivity index (χ0) is 13.3. The van der Waals surface area contributed by atoms with Gasteiger partial charge in [-0.2, -0.15) is 0 Å². The van der Waals surface area contributed by atoms with E-state index in [4.69, 9.17) is 4.74 Å². The van der Waals surface area contributed by atoms with E-state index in [0.29, 0.717) is 6.04 Å². The Bertz CT molecular complexity index is 415. The average Bonchev–Trinajstić information content (AvgIpc) is 2.78. The van der Waals surface area contributed by atoms with E-state index in [-0.39, 0.29) is 5.60 Å². The second kappa shape index (κ2) is 5.26. The van der Waals surface area contributed by atoms with Crippen LogP contribution in [0.1, 0.15) is 62.1 Å². The summed E-state index contributed by atoms with van der Waals surface area (Å²) in [5, 5.41) is 3.45. The van der Waals surface area contributed by atoms with Crippen molar-refractivity contribution in [2.45, 2.75) is 56.6 Å². The van der Waals surface area contributed by atoms with E-state index >= 15 is 0 Å². The monoisotopic (exact) mass is 259 g/mol. The van der Waals surface area contributed by atoms with E-state index in [2.05, 4.69) is 36.5 Å². The molecule has 2 heteroatoms. The van der Waals surface area contributed by atoms with Gasteiger partial charge in [0.25, 0.3) is 0 Å². The largest absolute Gasteiger partial charge is 0.373 e. The van der Waals surface area contributed by atoms with Crippen molar-refractivity contribution in [3.8, 4) is 0 Å². The van der Waals surface area contributed by atoms with E-state index in [1.165, 1.54) is 36.8 Å². The highest BCUT2D eigenvalue weighted by Gasteiger charge is 2.38. The van der Waals surface area contributed by atoms with Crippen LogP contribution in [0.4, 0.5) is 0 Å². The molecule has 3 rings (SSSR count). The van der Waals surface area contributed by atoms with Gasteiger partial charge in [0.2, 0.25) is 0 Å². The van der Waals surface area contributed by atoms with Gasteiger partial charge in [0.05, 0.1) is 11.6 Å². The molecule has 1 saturated carbocycles. The molecular formula is C17H25NO. The first-order valence-electron chi connectivity index (χ1n) is 7.64. The summed E-state index contributed by atoms with van der Waals surface area (Å²) in [7, 11) is 2.04. The fourth-order valence-corrected chi connectivity index (χ4v) is 3.56. The van der Waals surface area contributed by atoms with Crippen LogP contribution in [0.25, 0.3) is 0 Å². The fraction of sp³-hybridized carbons (Fsp3) is 0.647.